The highest BCUT2D eigenvalue weighted by Crippen LogP contribution is 2.18. The van der Waals surface area contributed by atoms with Crippen LogP contribution in [0.15, 0.2) is 10.6 Å². The Bertz CT molecular complexity index is 736. The Morgan fingerprint density at radius 2 is 1.88 bits per heavy atom. The monoisotopic (exact) mass is 345 g/mol. The first-order valence-electron chi connectivity index (χ1n) is 8.82. The van der Waals surface area contributed by atoms with E-state index >= 15 is 0 Å². The van der Waals surface area contributed by atoms with Gasteiger partial charge in [0.1, 0.15) is 11.8 Å². The molecule has 0 aromatic carbocycles. The van der Waals surface area contributed by atoms with Crippen molar-refractivity contribution in [3.8, 4) is 0 Å². The molecule has 1 saturated heterocycles. The largest absolute Gasteiger partial charge is 0.361 e. The molecule has 1 fully saturated rings. The lowest BCUT2D eigenvalue weighted by Gasteiger charge is -2.36. The minimum absolute atomic E-state index is 0.142. The molecular formula is C18H27N5O2. The van der Waals surface area contributed by atoms with Gasteiger partial charge in [-0.05, 0) is 40.7 Å². The molecule has 2 aromatic heterocycles. The molecular weight excluding hydrogens is 318 g/mol. The Morgan fingerprint density at radius 1 is 1.20 bits per heavy atom. The number of carbonyl (C=O) groups excluding carboxylic acids is 1. The van der Waals surface area contributed by atoms with Gasteiger partial charge in [-0.15, -0.1) is 0 Å². The van der Waals surface area contributed by atoms with E-state index in [1.807, 2.05) is 50.3 Å². The molecule has 0 bridgehead atoms. The summed E-state index contributed by atoms with van der Waals surface area (Å²) >= 11 is 0. The first-order valence-corrected chi connectivity index (χ1v) is 8.82. The molecule has 0 N–H and O–H groups in total. The molecule has 3 heterocycles. The zero-order chi connectivity index (χ0) is 18.1. The zero-order valence-corrected chi connectivity index (χ0v) is 15.7. The van der Waals surface area contributed by atoms with E-state index in [2.05, 4.69) is 15.2 Å². The van der Waals surface area contributed by atoms with E-state index in [1.54, 1.807) is 0 Å². The van der Waals surface area contributed by atoms with Crippen LogP contribution in [-0.4, -0.2) is 56.8 Å². The molecule has 0 radical (unpaired) electrons. The Hall–Kier alpha value is -2.15. The maximum atomic E-state index is 12.8. The molecule has 1 amide bonds. The standard InChI is InChI=1S/C18H27N5O2/c1-12-10-13(2)23(19-12)15(4)18(24)22-8-6-21(7-9-22)11-17-14(3)20-25-16(17)5/h10,15H,6-9,11H2,1-5H3. The van der Waals surface area contributed by atoms with Crippen molar-refractivity contribution in [2.24, 2.45) is 0 Å². The van der Waals surface area contributed by atoms with E-state index in [1.165, 1.54) is 0 Å². The van der Waals surface area contributed by atoms with Gasteiger partial charge in [0.15, 0.2) is 0 Å². The summed E-state index contributed by atoms with van der Waals surface area (Å²) in [5.41, 5.74) is 4.08. The quantitative estimate of drug-likeness (QED) is 0.848. The first-order chi connectivity index (χ1) is 11.9. The summed E-state index contributed by atoms with van der Waals surface area (Å²) in [7, 11) is 0. The minimum Gasteiger partial charge on any atom is -0.361 e. The third-order valence-electron chi connectivity index (χ3n) is 5.02. The lowest BCUT2D eigenvalue weighted by Crippen LogP contribution is -2.50. The molecule has 7 nitrogen and oxygen atoms in total. The Balaban J connectivity index is 1.58. The fraction of sp³-hybridized carbons (Fsp3) is 0.611. The minimum atomic E-state index is -0.261. The van der Waals surface area contributed by atoms with Crippen molar-refractivity contribution >= 4 is 5.91 Å². The lowest BCUT2D eigenvalue weighted by atomic mass is 10.1. The van der Waals surface area contributed by atoms with Crippen LogP contribution in [0.3, 0.4) is 0 Å². The molecule has 7 heteroatoms. The number of rotatable bonds is 4. The maximum absolute atomic E-state index is 12.8. The summed E-state index contributed by atoms with van der Waals surface area (Å²) in [5.74, 6) is 1.03. The summed E-state index contributed by atoms with van der Waals surface area (Å²) in [6, 6.07) is 1.74. The molecule has 0 aliphatic carbocycles. The van der Waals surface area contributed by atoms with Gasteiger partial charge < -0.3 is 9.42 Å². The van der Waals surface area contributed by atoms with E-state index in [0.29, 0.717) is 0 Å². The average Bonchev–Trinajstić information content (AvgIpc) is 3.09. The summed E-state index contributed by atoms with van der Waals surface area (Å²) in [5, 5.41) is 8.47. The van der Waals surface area contributed by atoms with Crippen LogP contribution in [0.25, 0.3) is 0 Å². The fourth-order valence-corrected chi connectivity index (χ4v) is 3.48. The smallest absolute Gasteiger partial charge is 0.247 e. The number of hydrogen-bond donors (Lipinski definition) is 0. The van der Waals surface area contributed by atoms with Crippen molar-refractivity contribution in [1.82, 2.24) is 24.7 Å². The second-order valence-corrected chi connectivity index (χ2v) is 6.95. The number of carbonyl (C=O) groups is 1. The summed E-state index contributed by atoms with van der Waals surface area (Å²) in [6.45, 7) is 13.8. The molecule has 25 heavy (non-hydrogen) atoms. The van der Waals surface area contributed by atoms with E-state index in [4.69, 9.17) is 4.52 Å². The molecule has 1 aliphatic rings. The normalized spacial score (nSPS) is 17.1. The summed E-state index contributed by atoms with van der Waals surface area (Å²) < 4.78 is 7.07. The van der Waals surface area contributed by atoms with E-state index in [-0.39, 0.29) is 11.9 Å². The van der Waals surface area contributed by atoms with Gasteiger partial charge >= 0.3 is 0 Å². The van der Waals surface area contributed by atoms with E-state index < -0.39 is 0 Å². The van der Waals surface area contributed by atoms with Gasteiger partial charge in [0.2, 0.25) is 5.91 Å². The van der Waals surface area contributed by atoms with Gasteiger partial charge in [-0.25, -0.2) is 0 Å². The van der Waals surface area contributed by atoms with Gasteiger partial charge in [0.05, 0.1) is 11.4 Å². The third-order valence-corrected chi connectivity index (χ3v) is 5.02. The molecule has 0 saturated carbocycles. The van der Waals surface area contributed by atoms with Crippen LogP contribution in [0.4, 0.5) is 0 Å². The highest BCUT2D eigenvalue weighted by Gasteiger charge is 2.27. The number of aryl methyl sites for hydroxylation is 4. The molecule has 2 aromatic rings. The van der Waals surface area contributed by atoms with Gasteiger partial charge in [-0.1, -0.05) is 5.16 Å². The SMILES string of the molecule is Cc1cc(C)n(C(C)C(=O)N2CCN(Cc3c(C)noc3C)CC2)n1. The lowest BCUT2D eigenvalue weighted by molar-refractivity contribution is -0.136. The number of amides is 1. The van der Waals surface area contributed by atoms with Crippen molar-refractivity contribution in [2.75, 3.05) is 26.2 Å². The molecule has 3 rings (SSSR count). The molecule has 0 spiro atoms. The molecule has 1 unspecified atom stereocenters. The Labute approximate surface area is 148 Å². The van der Waals surface area contributed by atoms with Crippen LogP contribution in [0.5, 0.6) is 0 Å². The average molecular weight is 345 g/mol. The molecule has 1 aliphatic heterocycles. The second kappa shape index (κ2) is 7.00. The summed E-state index contributed by atoms with van der Waals surface area (Å²) in [4.78, 5) is 17.1. The zero-order valence-electron chi connectivity index (χ0n) is 15.7. The van der Waals surface area contributed by atoms with Crippen molar-refractivity contribution < 1.29 is 9.32 Å². The topological polar surface area (TPSA) is 67.4 Å². The van der Waals surface area contributed by atoms with Crippen molar-refractivity contribution in [1.29, 1.82) is 0 Å². The van der Waals surface area contributed by atoms with Crippen LogP contribution >= 0.6 is 0 Å². The van der Waals surface area contributed by atoms with Crippen LogP contribution in [0.2, 0.25) is 0 Å². The third kappa shape index (κ3) is 3.61. The number of nitrogens with zero attached hydrogens (tertiary/aromatic N) is 5. The van der Waals surface area contributed by atoms with Gasteiger partial charge in [0, 0.05) is 44.0 Å². The number of hydrogen-bond acceptors (Lipinski definition) is 5. The van der Waals surface area contributed by atoms with Gasteiger partial charge in [-0.3, -0.25) is 14.4 Å². The Kier molecular flexibility index (Phi) is 4.94. The number of piperazine rings is 1. The van der Waals surface area contributed by atoms with Crippen LogP contribution < -0.4 is 0 Å². The van der Waals surface area contributed by atoms with Crippen LogP contribution in [0.1, 0.15) is 41.4 Å². The Morgan fingerprint density at radius 3 is 2.40 bits per heavy atom. The molecule has 136 valence electrons. The van der Waals surface area contributed by atoms with Gasteiger partial charge in [0.25, 0.3) is 0 Å². The second-order valence-electron chi connectivity index (χ2n) is 6.95. The predicted octanol–water partition coefficient (Wildman–Crippen LogP) is 2.01. The highest BCUT2D eigenvalue weighted by atomic mass is 16.5. The number of aromatic nitrogens is 3. The predicted molar refractivity (Wildman–Crippen MR) is 94.2 cm³/mol. The van der Waals surface area contributed by atoms with Crippen LogP contribution in [-0.2, 0) is 11.3 Å². The van der Waals surface area contributed by atoms with Gasteiger partial charge in [-0.2, -0.15) is 5.10 Å². The first kappa shape index (κ1) is 17.7. The van der Waals surface area contributed by atoms with Crippen molar-refractivity contribution in [3.63, 3.8) is 0 Å². The van der Waals surface area contributed by atoms with Crippen molar-refractivity contribution in [3.05, 3.63) is 34.5 Å². The van der Waals surface area contributed by atoms with E-state index in [9.17, 15) is 4.79 Å². The fourth-order valence-electron chi connectivity index (χ4n) is 3.48. The van der Waals surface area contributed by atoms with Crippen molar-refractivity contribution in [2.45, 2.75) is 47.2 Å². The molecule has 1 atom stereocenters. The van der Waals surface area contributed by atoms with Crippen LogP contribution in [0, 0.1) is 27.7 Å². The van der Waals surface area contributed by atoms with E-state index in [0.717, 1.165) is 61.1 Å². The summed E-state index contributed by atoms with van der Waals surface area (Å²) in [6.07, 6.45) is 0. The maximum Gasteiger partial charge on any atom is 0.247 e. The highest BCUT2D eigenvalue weighted by molar-refractivity contribution is 5.80.